The Hall–Kier alpha value is -0.710. The van der Waals surface area contributed by atoms with Crippen molar-refractivity contribution in [2.45, 2.75) is 45.6 Å². The molecule has 18 heavy (non-hydrogen) atoms. The van der Waals surface area contributed by atoms with E-state index in [1.807, 2.05) is 0 Å². The van der Waals surface area contributed by atoms with Crippen LogP contribution in [0.15, 0.2) is 0 Å². The number of rotatable bonds is 6. The summed E-state index contributed by atoms with van der Waals surface area (Å²) in [4.78, 5) is 22.8. The molecule has 0 bridgehead atoms. The molecule has 1 fully saturated rings. The first-order chi connectivity index (χ1) is 8.63. The Bertz CT molecular complexity index is 283. The van der Waals surface area contributed by atoms with E-state index in [-0.39, 0.29) is 17.6 Å². The minimum atomic E-state index is -0.249. The Morgan fingerprint density at radius 1 is 1.28 bits per heavy atom. The van der Waals surface area contributed by atoms with E-state index in [2.05, 4.69) is 12.2 Å². The molecule has 0 unspecified atom stereocenters. The number of thioether (sulfide) groups is 1. The van der Waals surface area contributed by atoms with Crippen LogP contribution < -0.4 is 5.32 Å². The zero-order valence-corrected chi connectivity index (χ0v) is 12.1. The van der Waals surface area contributed by atoms with Gasteiger partial charge in [-0.25, -0.2) is 0 Å². The van der Waals surface area contributed by atoms with Gasteiger partial charge in [0.25, 0.3) is 0 Å². The van der Waals surface area contributed by atoms with Crippen molar-refractivity contribution in [1.29, 1.82) is 0 Å². The fourth-order valence-corrected chi connectivity index (χ4v) is 2.83. The highest BCUT2D eigenvalue weighted by Gasteiger charge is 2.22. The summed E-state index contributed by atoms with van der Waals surface area (Å²) in [5, 5.41) is 3.06. The van der Waals surface area contributed by atoms with Crippen LogP contribution in [-0.2, 0) is 14.3 Å². The summed E-state index contributed by atoms with van der Waals surface area (Å²) < 4.78 is 4.80. The molecule has 1 N–H and O–H groups in total. The van der Waals surface area contributed by atoms with Gasteiger partial charge in [0, 0.05) is 6.04 Å². The lowest BCUT2D eigenvalue weighted by molar-refractivity contribution is -0.139. The van der Waals surface area contributed by atoms with E-state index >= 15 is 0 Å². The predicted molar refractivity (Wildman–Crippen MR) is 73.5 cm³/mol. The molecule has 0 heterocycles. The summed E-state index contributed by atoms with van der Waals surface area (Å²) in [7, 11) is 0. The highest BCUT2D eigenvalue weighted by molar-refractivity contribution is 8.00. The Morgan fingerprint density at radius 3 is 2.67 bits per heavy atom. The standard InChI is InChI=1S/C13H23NO3S/c1-3-17-13(16)9-18-8-12(15)14-11-7-5-4-6-10(11)2/h10-11H,3-9H2,1-2H3,(H,14,15)/t10-,11+/m0/s1. The van der Waals surface area contributed by atoms with Gasteiger partial charge >= 0.3 is 5.97 Å². The van der Waals surface area contributed by atoms with Crippen molar-refractivity contribution in [3.05, 3.63) is 0 Å². The maximum Gasteiger partial charge on any atom is 0.315 e. The van der Waals surface area contributed by atoms with Gasteiger partial charge in [-0.1, -0.05) is 19.8 Å². The normalized spacial score (nSPS) is 23.4. The van der Waals surface area contributed by atoms with Gasteiger partial charge in [0.1, 0.15) is 0 Å². The lowest BCUT2D eigenvalue weighted by Gasteiger charge is -2.29. The van der Waals surface area contributed by atoms with Crippen LogP contribution in [-0.4, -0.2) is 36.0 Å². The first-order valence-corrected chi connectivity index (χ1v) is 7.81. The predicted octanol–water partition coefficient (Wildman–Crippen LogP) is 1.98. The summed E-state index contributed by atoms with van der Waals surface area (Å²) in [6, 6.07) is 0.314. The quantitative estimate of drug-likeness (QED) is 0.752. The van der Waals surface area contributed by atoms with E-state index in [1.165, 1.54) is 31.0 Å². The average molecular weight is 273 g/mol. The molecule has 1 aliphatic rings. The van der Waals surface area contributed by atoms with Gasteiger partial charge in [0.15, 0.2) is 0 Å². The molecule has 1 amide bonds. The number of hydrogen-bond acceptors (Lipinski definition) is 4. The van der Waals surface area contributed by atoms with Crippen molar-refractivity contribution < 1.29 is 14.3 Å². The molecule has 0 aromatic rings. The van der Waals surface area contributed by atoms with E-state index in [0.717, 1.165) is 6.42 Å². The summed E-state index contributed by atoms with van der Waals surface area (Å²) in [5.41, 5.74) is 0. The van der Waals surface area contributed by atoms with Crippen LogP contribution in [0.5, 0.6) is 0 Å². The van der Waals surface area contributed by atoms with Crippen LogP contribution in [0.3, 0.4) is 0 Å². The largest absolute Gasteiger partial charge is 0.465 e. The van der Waals surface area contributed by atoms with Crippen LogP contribution >= 0.6 is 11.8 Å². The van der Waals surface area contributed by atoms with Crippen LogP contribution in [0, 0.1) is 5.92 Å². The monoisotopic (exact) mass is 273 g/mol. The number of ether oxygens (including phenoxy) is 1. The minimum absolute atomic E-state index is 0.0306. The molecule has 104 valence electrons. The topological polar surface area (TPSA) is 55.4 Å². The number of nitrogens with one attached hydrogen (secondary N) is 1. The molecule has 1 saturated carbocycles. The third-order valence-electron chi connectivity index (χ3n) is 3.22. The second kappa shape index (κ2) is 8.40. The maximum absolute atomic E-state index is 11.7. The van der Waals surface area contributed by atoms with Gasteiger partial charge in [-0.3, -0.25) is 9.59 Å². The molecule has 2 atom stereocenters. The highest BCUT2D eigenvalue weighted by atomic mass is 32.2. The van der Waals surface area contributed by atoms with Crippen LogP contribution in [0.4, 0.5) is 0 Å². The molecule has 0 saturated heterocycles. The number of amides is 1. The lowest BCUT2D eigenvalue weighted by atomic mass is 9.86. The molecule has 0 aromatic carbocycles. The molecule has 4 nitrogen and oxygen atoms in total. The van der Waals surface area contributed by atoms with Gasteiger partial charge < -0.3 is 10.1 Å². The van der Waals surface area contributed by atoms with Crippen LogP contribution in [0.1, 0.15) is 39.5 Å². The lowest BCUT2D eigenvalue weighted by Crippen LogP contribution is -2.41. The Morgan fingerprint density at radius 2 is 2.00 bits per heavy atom. The van der Waals surface area contributed by atoms with Gasteiger partial charge in [0.05, 0.1) is 18.1 Å². The van der Waals surface area contributed by atoms with Gasteiger partial charge in [-0.2, -0.15) is 0 Å². The van der Waals surface area contributed by atoms with Crippen molar-refractivity contribution in [3.63, 3.8) is 0 Å². The molecule has 5 heteroatoms. The van der Waals surface area contributed by atoms with Crippen molar-refractivity contribution in [2.24, 2.45) is 5.92 Å². The van der Waals surface area contributed by atoms with E-state index in [1.54, 1.807) is 6.92 Å². The minimum Gasteiger partial charge on any atom is -0.465 e. The zero-order chi connectivity index (χ0) is 13.4. The first-order valence-electron chi connectivity index (χ1n) is 6.66. The van der Waals surface area contributed by atoms with Gasteiger partial charge in [-0.05, 0) is 25.7 Å². The van der Waals surface area contributed by atoms with Crippen molar-refractivity contribution in [1.82, 2.24) is 5.32 Å². The fraction of sp³-hybridized carbons (Fsp3) is 0.846. The molecule has 0 radical (unpaired) electrons. The Kier molecular flexibility index (Phi) is 7.16. The first kappa shape index (κ1) is 15.3. The smallest absolute Gasteiger partial charge is 0.315 e. The van der Waals surface area contributed by atoms with Crippen molar-refractivity contribution in [2.75, 3.05) is 18.1 Å². The molecule has 1 aliphatic carbocycles. The second-order valence-corrected chi connectivity index (χ2v) is 5.72. The third-order valence-corrected chi connectivity index (χ3v) is 4.12. The SMILES string of the molecule is CCOC(=O)CSCC(=O)N[C@@H]1CCCC[C@@H]1C. The summed E-state index contributed by atoms with van der Waals surface area (Å²) >= 11 is 1.31. The molecule has 0 aromatic heterocycles. The Balaban J connectivity index is 2.15. The van der Waals surface area contributed by atoms with Gasteiger partial charge in [0.2, 0.25) is 5.91 Å². The van der Waals surface area contributed by atoms with E-state index in [0.29, 0.717) is 24.3 Å². The molecular weight excluding hydrogens is 250 g/mol. The highest BCUT2D eigenvalue weighted by Crippen LogP contribution is 2.23. The summed E-state index contributed by atoms with van der Waals surface area (Å²) in [6.45, 7) is 4.36. The number of esters is 1. The van der Waals surface area contributed by atoms with Crippen molar-refractivity contribution >= 4 is 23.6 Å². The van der Waals surface area contributed by atoms with E-state index < -0.39 is 0 Å². The number of carbonyl (C=O) groups excluding carboxylic acids is 2. The van der Waals surface area contributed by atoms with Crippen molar-refractivity contribution in [3.8, 4) is 0 Å². The van der Waals surface area contributed by atoms with E-state index in [4.69, 9.17) is 4.74 Å². The molecule has 0 aliphatic heterocycles. The molecule has 1 rings (SSSR count). The van der Waals surface area contributed by atoms with Crippen LogP contribution in [0.2, 0.25) is 0 Å². The van der Waals surface area contributed by atoms with Crippen LogP contribution in [0.25, 0.3) is 0 Å². The fourth-order valence-electron chi connectivity index (χ4n) is 2.21. The number of carbonyl (C=O) groups is 2. The zero-order valence-electron chi connectivity index (χ0n) is 11.2. The second-order valence-electron chi connectivity index (χ2n) is 4.73. The van der Waals surface area contributed by atoms with Gasteiger partial charge in [-0.15, -0.1) is 11.8 Å². The Labute approximate surface area is 113 Å². The summed E-state index contributed by atoms with van der Waals surface area (Å²) in [6.07, 6.45) is 4.74. The molecule has 0 spiro atoms. The molecular formula is C13H23NO3S. The third kappa shape index (κ3) is 5.76. The summed E-state index contributed by atoms with van der Waals surface area (Å²) in [5.74, 6) is 0.936. The maximum atomic E-state index is 11.7. The van der Waals surface area contributed by atoms with E-state index in [9.17, 15) is 9.59 Å². The average Bonchev–Trinajstić information content (AvgIpc) is 2.32. The number of hydrogen-bond donors (Lipinski definition) is 1.